The Bertz CT molecular complexity index is 934. The molecule has 1 aliphatic carbocycles. The van der Waals surface area contributed by atoms with E-state index < -0.39 is 0 Å². The molecule has 28 heavy (non-hydrogen) atoms. The van der Waals surface area contributed by atoms with Crippen molar-refractivity contribution in [2.45, 2.75) is 44.7 Å². The number of aromatic nitrogens is 3. The molecule has 0 aliphatic heterocycles. The van der Waals surface area contributed by atoms with Crippen molar-refractivity contribution in [1.29, 1.82) is 0 Å². The van der Waals surface area contributed by atoms with Gasteiger partial charge in [0.15, 0.2) is 10.8 Å². The average Bonchev–Trinajstić information content (AvgIpc) is 3.07. The summed E-state index contributed by atoms with van der Waals surface area (Å²) in [6, 6.07) is 10.5. The smallest absolute Gasteiger partial charge is 0.179 e. The van der Waals surface area contributed by atoms with Crippen molar-refractivity contribution >= 4 is 34.4 Å². The van der Waals surface area contributed by atoms with E-state index in [1.54, 1.807) is 10.7 Å². The summed E-state index contributed by atoms with van der Waals surface area (Å²) in [6.45, 7) is 2.61. The quantitative estimate of drug-likeness (QED) is 0.574. The molecule has 0 unspecified atom stereocenters. The Morgan fingerprint density at radius 1 is 1.21 bits per heavy atom. The number of hydrogen-bond donors (Lipinski definition) is 3. The van der Waals surface area contributed by atoms with Crippen LogP contribution in [0.25, 0.3) is 5.65 Å². The first-order valence-corrected chi connectivity index (χ1v) is 10.1. The Morgan fingerprint density at radius 3 is 2.68 bits per heavy atom. The fourth-order valence-corrected chi connectivity index (χ4v) is 3.70. The standard InChI is InChI=1S/C20H25ClN6O/c1-2-28-16-9-7-14(8-10-16)24-17-11-19(25-15-5-3-13(22)4-6-15)26-27-18(21)12-23-20(17)27/h7-13,15,24H,2-6,22H2,1H3,(H,25,26). The first kappa shape index (κ1) is 18.8. The number of ether oxygens (including phenoxy) is 1. The van der Waals surface area contributed by atoms with Crippen LogP contribution in [-0.2, 0) is 0 Å². The average molecular weight is 401 g/mol. The van der Waals surface area contributed by atoms with E-state index in [1.165, 1.54) is 0 Å². The van der Waals surface area contributed by atoms with Crippen molar-refractivity contribution in [3.63, 3.8) is 0 Å². The van der Waals surface area contributed by atoms with Crippen LogP contribution >= 0.6 is 11.6 Å². The van der Waals surface area contributed by atoms with Crippen LogP contribution in [0.1, 0.15) is 32.6 Å². The summed E-state index contributed by atoms with van der Waals surface area (Å²) in [5, 5.41) is 12.0. The van der Waals surface area contributed by atoms with E-state index in [1.807, 2.05) is 37.3 Å². The van der Waals surface area contributed by atoms with Gasteiger partial charge in [0.2, 0.25) is 0 Å². The molecular formula is C20H25ClN6O. The van der Waals surface area contributed by atoms with Gasteiger partial charge in [-0.3, -0.25) is 0 Å². The SMILES string of the molecule is CCOc1ccc(Nc2cc(NC3CCC(N)CC3)nn3c(Cl)cnc23)cc1. The van der Waals surface area contributed by atoms with E-state index in [9.17, 15) is 0 Å². The zero-order valence-electron chi connectivity index (χ0n) is 15.9. The number of imidazole rings is 1. The molecule has 0 saturated heterocycles. The molecule has 8 heteroatoms. The molecule has 1 aromatic carbocycles. The molecular weight excluding hydrogens is 376 g/mol. The molecule has 1 fully saturated rings. The van der Waals surface area contributed by atoms with Crippen LogP contribution in [0, 0.1) is 0 Å². The van der Waals surface area contributed by atoms with Crippen LogP contribution in [0.15, 0.2) is 36.5 Å². The molecule has 148 valence electrons. The number of nitrogens with two attached hydrogens (primary N) is 1. The van der Waals surface area contributed by atoms with Crippen molar-refractivity contribution < 1.29 is 4.74 Å². The van der Waals surface area contributed by atoms with Gasteiger partial charge in [0, 0.05) is 23.8 Å². The number of nitrogens with zero attached hydrogens (tertiary/aromatic N) is 3. The maximum Gasteiger partial charge on any atom is 0.179 e. The number of halogens is 1. The second-order valence-corrected chi connectivity index (χ2v) is 7.49. The van der Waals surface area contributed by atoms with Gasteiger partial charge in [-0.25, -0.2) is 4.98 Å². The van der Waals surface area contributed by atoms with Gasteiger partial charge in [0.05, 0.1) is 18.5 Å². The van der Waals surface area contributed by atoms with Gasteiger partial charge in [-0.05, 0) is 56.9 Å². The number of fused-ring (bicyclic) bond motifs is 1. The fourth-order valence-electron chi connectivity index (χ4n) is 3.53. The first-order chi connectivity index (χ1) is 13.6. The summed E-state index contributed by atoms with van der Waals surface area (Å²) in [6.07, 6.45) is 5.75. The highest BCUT2D eigenvalue weighted by molar-refractivity contribution is 6.29. The maximum absolute atomic E-state index is 6.29. The van der Waals surface area contributed by atoms with Crippen molar-refractivity contribution in [3.05, 3.63) is 41.7 Å². The van der Waals surface area contributed by atoms with Crippen LogP contribution in [0.2, 0.25) is 5.15 Å². The third kappa shape index (κ3) is 4.15. The number of nitrogens with one attached hydrogen (secondary N) is 2. The van der Waals surface area contributed by atoms with E-state index in [0.29, 0.717) is 29.5 Å². The second-order valence-electron chi connectivity index (χ2n) is 7.10. The molecule has 0 bridgehead atoms. The van der Waals surface area contributed by atoms with E-state index in [0.717, 1.165) is 48.6 Å². The lowest BCUT2D eigenvalue weighted by molar-refractivity contribution is 0.340. The highest BCUT2D eigenvalue weighted by Crippen LogP contribution is 2.28. The summed E-state index contributed by atoms with van der Waals surface area (Å²) in [7, 11) is 0. The molecule has 4 rings (SSSR count). The van der Waals surface area contributed by atoms with Gasteiger partial charge < -0.3 is 21.1 Å². The maximum atomic E-state index is 6.29. The van der Waals surface area contributed by atoms with Gasteiger partial charge in [0.25, 0.3) is 0 Å². The molecule has 0 amide bonds. The van der Waals surface area contributed by atoms with E-state index in [-0.39, 0.29) is 0 Å². The number of hydrogen-bond acceptors (Lipinski definition) is 6. The lowest BCUT2D eigenvalue weighted by Gasteiger charge is -2.27. The predicted octanol–water partition coefficient (Wildman–Crippen LogP) is 4.21. The van der Waals surface area contributed by atoms with E-state index in [4.69, 9.17) is 22.1 Å². The molecule has 7 nitrogen and oxygen atoms in total. The molecule has 1 aliphatic rings. The molecule has 3 aromatic rings. The van der Waals surface area contributed by atoms with Crippen LogP contribution in [0.4, 0.5) is 17.2 Å². The molecule has 2 heterocycles. The minimum Gasteiger partial charge on any atom is -0.494 e. The lowest BCUT2D eigenvalue weighted by atomic mass is 9.92. The van der Waals surface area contributed by atoms with Gasteiger partial charge >= 0.3 is 0 Å². The Labute approximate surface area is 169 Å². The number of anilines is 3. The molecule has 1 saturated carbocycles. The third-order valence-electron chi connectivity index (χ3n) is 4.99. The summed E-state index contributed by atoms with van der Waals surface area (Å²) < 4.78 is 7.15. The first-order valence-electron chi connectivity index (χ1n) is 9.68. The van der Waals surface area contributed by atoms with Gasteiger partial charge in [-0.1, -0.05) is 11.6 Å². The zero-order chi connectivity index (χ0) is 19.5. The van der Waals surface area contributed by atoms with Crippen molar-refractivity contribution in [2.75, 3.05) is 17.2 Å². The third-order valence-corrected chi connectivity index (χ3v) is 5.25. The second kappa shape index (κ2) is 8.24. The minimum absolute atomic E-state index is 0.313. The predicted molar refractivity (Wildman–Crippen MR) is 113 cm³/mol. The molecule has 2 aromatic heterocycles. The summed E-state index contributed by atoms with van der Waals surface area (Å²) in [4.78, 5) is 4.40. The van der Waals surface area contributed by atoms with Crippen LogP contribution in [0.3, 0.4) is 0 Å². The number of benzene rings is 1. The van der Waals surface area contributed by atoms with E-state index in [2.05, 4.69) is 20.7 Å². The van der Waals surface area contributed by atoms with Crippen molar-refractivity contribution in [2.24, 2.45) is 5.73 Å². The molecule has 0 atom stereocenters. The van der Waals surface area contributed by atoms with Crippen molar-refractivity contribution in [3.8, 4) is 5.75 Å². The Morgan fingerprint density at radius 2 is 1.96 bits per heavy atom. The highest BCUT2D eigenvalue weighted by Gasteiger charge is 2.20. The Balaban J connectivity index is 1.59. The molecule has 0 spiro atoms. The normalized spacial score (nSPS) is 19.5. The van der Waals surface area contributed by atoms with Crippen molar-refractivity contribution in [1.82, 2.24) is 14.6 Å². The Kier molecular flexibility index (Phi) is 5.54. The summed E-state index contributed by atoms with van der Waals surface area (Å²) >= 11 is 6.29. The zero-order valence-corrected chi connectivity index (χ0v) is 16.6. The Hall–Kier alpha value is -2.51. The molecule has 4 N–H and O–H groups in total. The van der Waals surface area contributed by atoms with Crippen LogP contribution in [-0.4, -0.2) is 33.3 Å². The van der Waals surface area contributed by atoms with Gasteiger partial charge in [0.1, 0.15) is 11.6 Å². The molecule has 0 radical (unpaired) electrons. The minimum atomic E-state index is 0.313. The summed E-state index contributed by atoms with van der Waals surface area (Å²) in [5.74, 6) is 1.61. The van der Waals surface area contributed by atoms with Crippen LogP contribution in [0.5, 0.6) is 5.75 Å². The van der Waals surface area contributed by atoms with Crippen LogP contribution < -0.4 is 21.1 Å². The largest absolute Gasteiger partial charge is 0.494 e. The summed E-state index contributed by atoms with van der Waals surface area (Å²) in [5.41, 5.74) is 8.46. The van der Waals surface area contributed by atoms with E-state index >= 15 is 0 Å². The number of rotatable bonds is 6. The van der Waals surface area contributed by atoms with Gasteiger partial charge in [-0.2, -0.15) is 4.52 Å². The lowest BCUT2D eigenvalue weighted by Crippen LogP contribution is -2.33. The highest BCUT2D eigenvalue weighted by atomic mass is 35.5. The fraction of sp³-hybridized carbons (Fsp3) is 0.400. The monoisotopic (exact) mass is 400 g/mol. The topological polar surface area (TPSA) is 89.5 Å². The van der Waals surface area contributed by atoms with Gasteiger partial charge in [-0.15, -0.1) is 5.10 Å².